The third kappa shape index (κ3) is 3.21. The van der Waals surface area contributed by atoms with Gasteiger partial charge in [-0.1, -0.05) is 12.1 Å². The topological polar surface area (TPSA) is 75.6 Å². The Morgan fingerprint density at radius 2 is 2.05 bits per heavy atom. The van der Waals surface area contributed by atoms with Crippen LogP contribution in [0.2, 0.25) is 0 Å². The van der Waals surface area contributed by atoms with Crippen LogP contribution in [0, 0.1) is 5.82 Å². The molecule has 0 aliphatic carbocycles. The normalized spacial score (nSPS) is 18.8. The number of carbonyl (C=O) groups is 2. The predicted molar refractivity (Wildman–Crippen MR) is 73.4 cm³/mol. The van der Waals surface area contributed by atoms with E-state index in [4.69, 9.17) is 9.84 Å². The van der Waals surface area contributed by atoms with Crippen LogP contribution < -0.4 is 5.32 Å². The Bertz CT molecular complexity index is 540. The molecule has 1 aromatic carbocycles. The van der Waals surface area contributed by atoms with Gasteiger partial charge in [-0.3, -0.25) is 9.59 Å². The second-order valence-corrected chi connectivity index (χ2v) is 5.24. The molecule has 1 aliphatic rings. The lowest BCUT2D eigenvalue weighted by atomic mass is 9.73. The molecule has 0 saturated carbocycles. The molecule has 0 bridgehead atoms. The van der Waals surface area contributed by atoms with Gasteiger partial charge >= 0.3 is 5.97 Å². The maximum absolute atomic E-state index is 13.5. The van der Waals surface area contributed by atoms with Crippen molar-refractivity contribution in [3.8, 4) is 0 Å². The maximum atomic E-state index is 13.5. The summed E-state index contributed by atoms with van der Waals surface area (Å²) in [5, 5.41) is 11.4. The van der Waals surface area contributed by atoms with Crippen molar-refractivity contribution < 1.29 is 23.8 Å². The van der Waals surface area contributed by atoms with Crippen molar-refractivity contribution in [1.82, 2.24) is 5.32 Å². The molecule has 1 heterocycles. The standard InChI is InChI=1S/C15H18FNO4/c1-10(13(18)19)17-14(20)15(5-7-21-8-6-15)11-3-2-4-12(16)9-11/h2-4,9-10H,5-8H2,1H3,(H,17,20)(H,18,19)/t10-/m0/s1. The molecule has 1 aliphatic heterocycles. The van der Waals surface area contributed by atoms with E-state index in [0.29, 0.717) is 31.6 Å². The van der Waals surface area contributed by atoms with E-state index in [9.17, 15) is 14.0 Å². The van der Waals surface area contributed by atoms with E-state index >= 15 is 0 Å². The zero-order valence-corrected chi connectivity index (χ0v) is 11.8. The number of aliphatic carboxylic acids is 1. The molecule has 0 radical (unpaired) electrons. The fraction of sp³-hybridized carbons (Fsp3) is 0.467. The zero-order chi connectivity index (χ0) is 15.5. The second-order valence-electron chi connectivity index (χ2n) is 5.24. The van der Waals surface area contributed by atoms with Crippen LogP contribution >= 0.6 is 0 Å². The lowest BCUT2D eigenvalue weighted by Crippen LogP contribution is -2.52. The highest BCUT2D eigenvalue weighted by Crippen LogP contribution is 2.35. The van der Waals surface area contributed by atoms with Crippen LogP contribution in [0.4, 0.5) is 4.39 Å². The largest absolute Gasteiger partial charge is 0.480 e. The lowest BCUT2D eigenvalue weighted by Gasteiger charge is -2.36. The van der Waals surface area contributed by atoms with Gasteiger partial charge in [-0.2, -0.15) is 0 Å². The number of carboxylic acids is 1. The second kappa shape index (κ2) is 6.22. The van der Waals surface area contributed by atoms with E-state index in [0.717, 1.165) is 0 Å². The molecule has 1 saturated heterocycles. The fourth-order valence-corrected chi connectivity index (χ4v) is 2.55. The first-order chi connectivity index (χ1) is 9.95. The van der Waals surface area contributed by atoms with Crippen molar-refractivity contribution >= 4 is 11.9 Å². The third-order valence-corrected chi connectivity index (χ3v) is 3.88. The first kappa shape index (κ1) is 15.4. The molecule has 1 aromatic rings. The van der Waals surface area contributed by atoms with Gasteiger partial charge in [0.15, 0.2) is 0 Å². The van der Waals surface area contributed by atoms with Gasteiger partial charge in [0.1, 0.15) is 11.9 Å². The summed E-state index contributed by atoms with van der Waals surface area (Å²) in [5.74, 6) is -1.92. The smallest absolute Gasteiger partial charge is 0.325 e. The molecule has 1 amide bonds. The van der Waals surface area contributed by atoms with Gasteiger partial charge in [0.2, 0.25) is 5.91 Å². The average molecular weight is 295 g/mol. The minimum Gasteiger partial charge on any atom is -0.480 e. The quantitative estimate of drug-likeness (QED) is 0.882. The molecule has 0 aromatic heterocycles. The fourth-order valence-electron chi connectivity index (χ4n) is 2.55. The Kier molecular flexibility index (Phi) is 4.57. The van der Waals surface area contributed by atoms with Crippen molar-refractivity contribution in [2.75, 3.05) is 13.2 Å². The number of benzene rings is 1. The zero-order valence-electron chi connectivity index (χ0n) is 11.8. The Morgan fingerprint density at radius 3 is 2.62 bits per heavy atom. The van der Waals surface area contributed by atoms with Crippen molar-refractivity contribution in [2.45, 2.75) is 31.2 Å². The summed E-state index contributed by atoms with van der Waals surface area (Å²) < 4.78 is 18.8. The number of hydrogen-bond donors (Lipinski definition) is 2. The molecule has 2 rings (SSSR count). The van der Waals surface area contributed by atoms with Gasteiger partial charge < -0.3 is 15.2 Å². The summed E-state index contributed by atoms with van der Waals surface area (Å²) in [6, 6.07) is 4.89. The van der Waals surface area contributed by atoms with E-state index in [1.54, 1.807) is 12.1 Å². The van der Waals surface area contributed by atoms with Crippen LogP contribution in [0.1, 0.15) is 25.3 Å². The molecular formula is C15H18FNO4. The van der Waals surface area contributed by atoms with Gasteiger partial charge in [-0.25, -0.2) is 4.39 Å². The predicted octanol–water partition coefficient (Wildman–Crippen LogP) is 1.46. The Labute approximate surface area is 122 Å². The van der Waals surface area contributed by atoms with Crippen LogP contribution in [-0.2, 0) is 19.7 Å². The van der Waals surface area contributed by atoms with Crippen molar-refractivity contribution in [3.63, 3.8) is 0 Å². The summed E-state index contributed by atoms with van der Waals surface area (Å²) in [6.07, 6.45) is 0.795. The molecule has 0 spiro atoms. The Morgan fingerprint density at radius 1 is 1.38 bits per heavy atom. The van der Waals surface area contributed by atoms with Gasteiger partial charge in [0, 0.05) is 13.2 Å². The van der Waals surface area contributed by atoms with E-state index in [2.05, 4.69) is 5.32 Å². The monoisotopic (exact) mass is 295 g/mol. The molecule has 0 unspecified atom stereocenters. The number of hydrogen-bond acceptors (Lipinski definition) is 3. The van der Waals surface area contributed by atoms with Crippen LogP contribution in [-0.4, -0.2) is 36.2 Å². The van der Waals surface area contributed by atoms with Gasteiger partial charge in [0.05, 0.1) is 5.41 Å². The number of ether oxygens (including phenoxy) is 1. The minimum atomic E-state index is -1.11. The number of carbonyl (C=O) groups excluding carboxylic acids is 1. The summed E-state index contributed by atoms with van der Waals surface area (Å²) in [5.41, 5.74) is -0.384. The molecular weight excluding hydrogens is 277 g/mol. The van der Waals surface area contributed by atoms with E-state index in [1.165, 1.54) is 19.1 Å². The van der Waals surface area contributed by atoms with Crippen molar-refractivity contribution in [3.05, 3.63) is 35.6 Å². The van der Waals surface area contributed by atoms with Crippen molar-refractivity contribution in [1.29, 1.82) is 0 Å². The number of rotatable bonds is 4. The van der Waals surface area contributed by atoms with Gasteiger partial charge in [-0.05, 0) is 37.5 Å². The number of nitrogens with one attached hydrogen (secondary N) is 1. The SMILES string of the molecule is C[C@H](NC(=O)C1(c2cccc(F)c2)CCOCC1)C(=O)O. The number of amides is 1. The van der Waals surface area contributed by atoms with E-state index < -0.39 is 29.2 Å². The Hall–Kier alpha value is -1.95. The molecule has 2 N–H and O–H groups in total. The third-order valence-electron chi connectivity index (χ3n) is 3.88. The average Bonchev–Trinajstić information content (AvgIpc) is 2.47. The van der Waals surface area contributed by atoms with Crippen molar-refractivity contribution in [2.24, 2.45) is 0 Å². The van der Waals surface area contributed by atoms with E-state index in [1.807, 2.05) is 0 Å². The number of halogens is 1. The molecule has 1 fully saturated rings. The van der Waals surface area contributed by atoms with Crippen LogP contribution in [0.3, 0.4) is 0 Å². The number of carboxylic acid groups (broad SMARTS) is 1. The highest BCUT2D eigenvalue weighted by atomic mass is 19.1. The van der Waals surface area contributed by atoms with Gasteiger partial charge in [0.25, 0.3) is 0 Å². The minimum absolute atomic E-state index is 0.380. The Balaban J connectivity index is 2.33. The molecule has 6 heteroatoms. The first-order valence-electron chi connectivity index (χ1n) is 6.83. The maximum Gasteiger partial charge on any atom is 0.325 e. The van der Waals surface area contributed by atoms with E-state index in [-0.39, 0.29) is 0 Å². The summed E-state index contributed by atoms with van der Waals surface area (Å²) in [7, 11) is 0. The molecule has 114 valence electrons. The summed E-state index contributed by atoms with van der Waals surface area (Å²) >= 11 is 0. The first-order valence-corrected chi connectivity index (χ1v) is 6.83. The summed E-state index contributed by atoms with van der Waals surface area (Å²) in [6.45, 7) is 2.16. The molecule has 1 atom stereocenters. The molecule has 21 heavy (non-hydrogen) atoms. The van der Waals surface area contributed by atoms with Crippen LogP contribution in [0.5, 0.6) is 0 Å². The highest BCUT2D eigenvalue weighted by molar-refractivity contribution is 5.91. The molecule has 5 nitrogen and oxygen atoms in total. The van der Waals surface area contributed by atoms with Crippen LogP contribution in [0.15, 0.2) is 24.3 Å². The highest BCUT2D eigenvalue weighted by Gasteiger charge is 2.42. The van der Waals surface area contributed by atoms with Crippen LogP contribution in [0.25, 0.3) is 0 Å². The van der Waals surface area contributed by atoms with Gasteiger partial charge in [-0.15, -0.1) is 0 Å². The summed E-state index contributed by atoms with van der Waals surface area (Å²) in [4.78, 5) is 23.5. The lowest BCUT2D eigenvalue weighted by molar-refractivity contribution is -0.143.